The summed E-state index contributed by atoms with van der Waals surface area (Å²) in [6.45, 7) is 0.545. The summed E-state index contributed by atoms with van der Waals surface area (Å²) < 4.78 is 16.2. The van der Waals surface area contributed by atoms with E-state index in [9.17, 15) is 0 Å². The van der Waals surface area contributed by atoms with E-state index in [2.05, 4.69) is 0 Å². The van der Waals surface area contributed by atoms with E-state index < -0.39 is 0 Å². The lowest BCUT2D eigenvalue weighted by Crippen LogP contribution is -2.21. The minimum Gasteiger partial charge on any atom is -0.495 e. The minimum atomic E-state index is -0.0884. The largest absolute Gasteiger partial charge is 0.495 e. The zero-order chi connectivity index (χ0) is 13.3. The highest BCUT2D eigenvalue weighted by atomic mass is 35.5. The predicted octanol–water partition coefficient (Wildman–Crippen LogP) is 2.36. The summed E-state index contributed by atoms with van der Waals surface area (Å²) in [5.41, 5.74) is 6.74. The van der Waals surface area contributed by atoms with Gasteiger partial charge in [0.1, 0.15) is 5.75 Å². The van der Waals surface area contributed by atoms with Gasteiger partial charge in [-0.05, 0) is 12.8 Å². The molecule has 1 aliphatic rings. The molecule has 0 bridgehead atoms. The van der Waals surface area contributed by atoms with E-state index in [4.69, 9.17) is 31.5 Å². The second kappa shape index (κ2) is 4.86. The summed E-state index contributed by atoms with van der Waals surface area (Å²) in [6.07, 6.45) is 2.03. The molecule has 2 N–H and O–H groups in total. The Balaban J connectivity index is 2.69. The van der Waals surface area contributed by atoms with Crippen molar-refractivity contribution in [2.75, 3.05) is 27.9 Å². The molecule has 0 heterocycles. The van der Waals surface area contributed by atoms with Crippen LogP contribution >= 0.6 is 11.6 Å². The lowest BCUT2D eigenvalue weighted by molar-refractivity contribution is 0.339. The first-order valence-corrected chi connectivity index (χ1v) is 6.20. The van der Waals surface area contributed by atoms with Crippen molar-refractivity contribution in [3.05, 3.63) is 16.7 Å². The highest BCUT2D eigenvalue weighted by molar-refractivity contribution is 6.32. The Morgan fingerprint density at radius 1 is 1.17 bits per heavy atom. The Kier molecular flexibility index (Phi) is 3.59. The molecule has 4 nitrogen and oxygen atoms in total. The maximum Gasteiger partial charge on any atom is 0.168 e. The van der Waals surface area contributed by atoms with E-state index in [1.165, 1.54) is 0 Å². The lowest BCUT2D eigenvalue weighted by Gasteiger charge is -2.23. The first-order chi connectivity index (χ1) is 8.63. The van der Waals surface area contributed by atoms with Crippen molar-refractivity contribution in [3.63, 3.8) is 0 Å². The van der Waals surface area contributed by atoms with Crippen LogP contribution in [0.15, 0.2) is 6.07 Å². The molecule has 100 valence electrons. The van der Waals surface area contributed by atoms with E-state index in [0.29, 0.717) is 28.8 Å². The van der Waals surface area contributed by atoms with E-state index in [1.807, 2.05) is 0 Å². The molecule has 0 aliphatic heterocycles. The molecule has 0 spiro atoms. The smallest absolute Gasteiger partial charge is 0.168 e. The van der Waals surface area contributed by atoms with Gasteiger partial charge in [0.15, 0.2) is 11.5 Å². The van der Waals surface area contributed by atoms with Gasteiger partial charge in [-0.1, -0.05) is 11.6 Å². The van der Waals surface area contributed by atoms with Crippen LogP contribution in [0.4, 0.5) is 0 Å². The number of methoxy groups -OCH3 is 3. The summed E-state index contributed by atoms with van der Waals surface area (Å²) >= 11 is 6.23. The van der Waals surface area contributed by atoms with Gasteiger partial charge in [-0.15, -0.1) is 0 Å². The molecular weight excluding hydrogens is 254 g/mol. The van der Waals surface area contributed by atoms with Gasteiger partial charge < -0.3 is 19.9 Å². The summed E-state index contributed by atoms with van der Waals surface area (Å²) in [6, 6.07) is 1.70. The second-order valence-electron chi connectivity index (χ2n) is 4.49. The Morgan fingerprint density at radius 2 is 1.78 bits per heavy atom. The van der Waals surface area contributed by atoms with Crippen molar-refractivity contribution in [1.29, 1.82) is 0 Å². The quantitative estimate of drug-likeness (QED) is 0.893. The third kappa shape index (κ3) is 1.89. The van der Waals surface area contributed by atoms with Crippen LogP contribution in [0, 0.1) is 0 Å². The molecule has 1 fully saturated rings. The molecule has 0 aromatic heterocycles. The Morgan fingerprint density at radius 3 is 2.17 bits per heavy atom. The fourth-order valence-electron chi connectivity index (χ4n) is 2.33. The third-order valence-electron chi connectivity index (χ3n) is 3.56. The third-order valence-corrected chi connectivity index (χ3v) is 3.84. The molecule has 1 aromatic rings. The molecule has 0 amide bonds. The predicted molar refractivity (Wildman–Crippen MR) is 71.1 cm³/mol. The monoisotopic (exact) mass is 271 g/mol. The Hall–Kier alpha value is -1.13. The molecule has 0 atom stereocenters. The number of ether oxygens (including phenoxy) is 3. The van der Waals surface area contributed by atoms with Crippen LogP contribution < -0.4 is 19.9 Å². The topological polar surface area (TPSA) is 53.7 Å². The lowest BCUT2D eigenvalue weighted by atomic mass is 9.93. The molecule has 2 rings (SSSR count). The summed E-state index contributed by atoms with van der Waals surface area (Å²) in [4.78, 5) is 0. The average molecular weight is 272 g/mol. The number of rotatable bonds is 5. The molecule has 18 heavy (non-hydrogen) atoms. The van der Waals surface area contributed by atoms with Crippen LogP contribution in [0.5, 0.6) is 17.2 Å². The molecule has 0 radical (unpaired) electrons. The van der Waals surface area contributed by atoms with Crippen molar-refractivity contribution in [2.45, 2.75) is 18.3 Å². The van der Waals surface area contributed by atoms with E-state index in [0.717, 1.165) is 18.4 Å². The number of benzene rings is 1. The summed E-state index contributed by atoms with van der Waals surface area (Å²) in [5.74, 6) is 1.91. The van der Waals surface area contributed by atoms with Gasteiger partial charge >= 0.3 is 0 Å². The van der Waals surface area contributed by atoms with Gasteiger partial charge in [-0.25, -0.2) is 0 Å². The summed E-state index contributed by atoms with van der Waals surface area (Å²) in [7, 11) is 4.80. The van der Waals surface area contributed by atoms with Gasteiger partial charge in [-0.3, -0.25) is 0 Å². The van der Waals surface area contributed by atoms with Crippen molar-refractivity contribution in [1.82, 2.24) is 0 Å². The van der Waals surface area contributed by atoms with Crippen LogP contribution in [-0.4, -0.2) is 27.9 Å². The number of halogens is 1. The van der Waals surface area contributed by atoms with Crippen LogP contribution in [0.25, 0.3) is 0 Å². The Labute approximate surface area is 112 Å². The maximum absolute atomic E-state index is 6.23. The molecular formula is C13H18ClNO3. The zero-order valence-corrected chi connectivity index (χ0v) is 11.6. The zero-order valence-electron chi connectivity index (χ0n) is 10.9. The van der Waals surface area contributed by atoms with Crippen molar-refractivity contribution in [2.24, 2.45) is 5.73 Å². The Bertz CT molecular complexity index is 458. The first-order valence-electron chi connectivity index (χ1n) is 5.82. The highest BCUT2D eigenvalue weighted by Crippen LogP contribution is 2.57. The standard InChI is InChI=1S/C13H18ClNO3/c1-16-9-6-8(14)11(17-2)10(12(9)18-3)13(7-15)4-5-13/h6H,4-5,7,15H2,1-3H3. The summed E-state index contributed by atoms with van der Waals surface area (Å²) in [5, 5.41) is 0.518. The molecule has 1 aliphatic carbocycles. The normalized spacial score (nSPS) is 16.3. The molecule has 1 saturated carbocycles. The van der Waals surface area contributed by atoms with Crippen LogP contribution in [0.1, 0.15) is 18.4 Å². The second-order valence-corrected chi connectivity index (χ2v) is 4.89. The van der Waals surface area contributed by atoms with Gasteiger partial charge in [0.25, 0.3) is 0 Å². The molecule has 1 aromatic carbocycles. The van der Waals surface area contributed by atoms with E-state index in [1.54, 1.807) is 27.4 Å². The number of hydrogen-bond donors (Lipinski definition) is 1. The fourth-order valence-corrected chi connectivity index (χ4v) is 2.61. The first kappa shape index (κ1) is 13.3. The molecule has 5 heteroatoms. The maximum atomic E-state index is 6.23. The van der Waals surface area contributed by atoms with Crippen LogP contribution in [0.3, 0.4) is 0 Å². The average Bonchev–Trinajstić information content (AvgIpc) is 3.18. The highest BCUT2D eigenvalue weighted by Gasteiger charge is 2.48. The molecule has 0 unspecified atom stereocenters. The number of hydrogen-bond acceptors (Lipinski definition) is 4. The van der Waals surface area contributed by atoms with Crippen molar-refractivity contribution in [3.8, 4) is 17.2 Å². The van der Waals surface area contributed by atoms with Gasteiger partial charge in [-0.2, -0.15) is 0 Å². The fraction of sp³-hybridized carbons (Fsp3) is 0.538. The van der Waals surface area contributed by atoms with Crippen molar-refractivity contribution >= 4 is 11.6 Å². The van der Waals surface area contributed by atoms with Gasteiger partial charge in [0.2, 0.25) is 0 Å². The van der Waals surface area contributed by atoms with Crippen LogP contribution in [-0.2, 0) is 5.41 Å². The van der Waals surface area contributed by atoms with Gasteiger partial charge in [0, 0.05) is 23.6 Å². The molecule has 0 saturated heterocycles. The van der Waals surface area contributed by atoms with Crippen LogP contribution in [0.2, 0.25) is 5.02 Å². The van der Waals surface area contributed by atoms with Crippen molar-refractivity contribution < 1.29 is 14.2 Å². The number of nitrogens with two attached hydrogens (primary N) is 1. The van der Waals surface area contributed by atoms with Gasteiger partial charge in [0.05, 0.1) is 26.4 Å². The van der Waals surface area contributed by atoms with E-state index >= 15 is 0 Å². The minimum absolute atomic E-state index is 0.0884. The SMILES string of the molecule is COc1cc(Cl)c(OC)c(C2(CN)CC2)c1OC. The van der Waals surface area contributed by atoms with E-state index in [-0.39, 0.29) is 5.41 Å².